The average Bonchev–Trinajstić information content (AvgIpc) is 3.50. The highest BCUT2D eigenvalue weighted by atomic mass is 32.2. The number of carbonyl (C=O) groups excluding carboxylic acids is 4. The molecule has 0 bridgehead atoms. The number of nitrogens with zero attached hydrogens (tertiary/aromatic N) is 3. The van der Waals surface area contributed by atoms with Crippen LogP contribution in [0.3, 0.4) is 0 Å². The Morgan fingerprint density at radius 1 is 1.06 bits per heavy atom. The number of esters is 2. The van der Waals surface area contributed by atoms with Gasteiger partial charge in [-0.1, -0.05) is 78.5 Å². The maximum Gasteiger partial charge on any atom is 0.356 e. The monoisotopic (exact) mass is 703 g/mol. The van der Waals surface area contributed by atoms with E-state index in [2.05, 4.69) is 22.0 Å². The fourth-order valence-corrected chi connectivity index (χ4v) is 6.83. The van der Waals surface area contributed by atoms with E-state index in [9.17, 15) is 19.2 Å². The van der Waals surface area contributed by atoms with Gasteiger partial charge in [0.15, 0.2) is 16.9 Å². The first-order chi connectivity index (χ1) is 23.2. The van der Waals surface area contributed by atoms with Crippen LogP contribution in [0.4, 0.5) is 5.13 Å². The zero-order valence-corrected chi connectivity index (χ0v) is 29.3. The third-order valence-corrected chi connectivity index (χ3v) is 9.36. The van der Waals surface area contributed by atoms with Crippen molar-refractivity contribution in [3.05, 3.63) is 107 Å². The van der Waals surface area contributed by atoms with E-state index in [4.69, 9.17) is 20.0 Å². The number of rotatable bonds is 11. The van der Waals surface area contributed by atoms with Crippen LogP contribution in [0.1, 0.15) is 57.5 Å². The number of ether oxygens (including phenoxy) is 2. The minimum Gasteiger partial charge on any atom is -0.457 e. The number of thiazole rings is 1. The topological polar surface area (TPSA) is 163 Å². The van der Waals surface area contributed by atoms with Gasteiger partial charge in [-0.25, -0.2) is 14.6 Å². The van der Waals surface area contributed by atoms with Crippen molar-refractivity contribution in [3.8, 4) is 0 Å². The number of fused-ring (bicyclic) bond motifs is 1. The van der Waals surface area contributed by atoms with Crippen LogP contribution in [0.2, 0.25) is 0 Å². The number of allylic oxidation sites excluding steroid dienone is 1. The Morgan fingerprint density at radius 3 is 2.20 bits per heavy atom. The number of nitrogens with two attached hydrogens (primary N) is 1. The molecule has 5 rings (SSSR count). The summed E-state index contributed by atoms with van der Waals surface area (Å²) in [4.78, 5) is 65.0. The van der Waals surface area contributed by atoms with Crippen LogP contribution in [-0.2, 0) is 33.5 Å². The molecular formula is C35H37N5O7S2. The Bertz CT molecular complexity index is 1780. The molecule has 49 heavy (non-hydrogen) atoms. The molecule has 2 aliphatic heterocycles. The fraction of sp³-hybridized carbons (Fsp3) is 0.314. The lowest BCUT2D eigenvalue weighted by atomic mass is 10.0. The molecule has 0 radical (unpaired) electrons. The zero-order valence-electron chi connectivity index (χ0n) is 27.7. The predicted octanol–water partition coefficient (Wildman–Crippen LogP) is 4.74. The molecule has 1 aromatic heterocycles. The highest BCUT2D eigenvalue weighted by molar-refractivity contribution is 8.00. The summed E-state index contributed by atoms with van der Waals surface area (Å²) >= 11 is 2.43. The highest BCUT2D eigenvalue weighted by Crippen LogP contribution is 2.42. The second-order valence-corrected chi connectivity index (χ2v) is 14.7. The van der Waals surface area contributed by atoms with Crippen molar-refractivity contribution >= 4 is 57.7 Å². The van der Waals surface area contributed by atoms with Gasteiger partial charge in [0, 0.05) is 11.1 Å². The van der Waals surface area contributed by atoms with Crippen molar-refractivity contribution in [2.75, 3.05) is 11.5 Å². The maximum absolute atomic E-state index is 13.9. The SMILES string of the molecule is C=CC1=C(C(=O)OC(c2ccccc2)c2ccccc2)N2C(=O)C(NC(=O)C(=NOC(C)(C)C(=O)OC(C)(C)C)c3csc(N)n3)[C@H]2SC1. The summed E-state index contributed by atoms with van der Waals surface area (Å²) in [5, 5.41) is 7.75. The summed E-state index contributed by atoms with van der Waals surface area (Å²) in [7, 11) is 0. The molecule has 12 nitrogen and oxygen atoms in total. The Hall–Kier alpha value is -4.95. The fourth-order valence-electron chi connectivity index (χ4n) is 4.94. The van der Waals surface area contributed by atoms with E-state index >= 15 is 0 Å². The lowest BCUT2D eigenvalue weighted by Gasteiger charge is -2.49. The minimum atomic E-state index is -1.57. The number of anilines is 1. The molecule has 3 N–H and O–H groups in total. The van der Waals surface area contributed by atoms with Gasteiger partial charge in [-0.15, -0.1) is 23.1 Å². The molecule has 0 aliphatic carbocycles. The Kier molecular flexibility index (Phi) is 10.3. The van der Waals surface area contributed by atoms with Crippen molar-refractivity contribution in [1.82, 2.24) is 15.2 Å². The van der Waals surface area contributed by atoms with Crippen LogP contribution in [0, 0.1) is 0 Å². The van der Waals surface area contributed by atoms with Gasteiger partial charge in [-0.05, 0) is 51.3 Å². The molecule has 14 heteroatoms. The third kappa shape index (κ3) is 7.86. The van der Waals surface area contributed by atoms with Crippen molar-refractivity contribution in [1.29, 1.82) is 0 Å². The summed E-state index contributed by atoms with van der Waals surface area (Å²) in [6, 6.07) is 17.6. The Morgan fingerprint density at radius 2 is 1.67 bits per heavy atom. The molecular weight excluding hydrogens is 667 g/mol. The quantitative estimate of drug-likeness (QED) is 0.124. The van der Waals surface area contributed by atoms with E-state index in [-0.39, 0.29) is 22.2 Å². The molecule has 3 heterocycles. The minimum absolute atomic E-state index is 0.0646. The number of amides is 2. The van der Waals surface area contributed by atoms with Crippen LogP contribution >= 0.6 is 23.1 Å². The number of nitrogen functional groups attached to an aromatic ring is 1. The largest absolute Gasteiger partial charge is 0.457 e. The van der Waals surface area contributed by atoms with Gasteiger partial charge in [0.1, 0.15) is 28.4 Å². The molecule has 2 aliphatic rings. The van der Waals surface area contributed by atoms with Crippen LogP contribution in [-0.4, -0.2) is 67.7 Å². The molecule has 1 saturated heterocycles. The maximum atomic E-state index is 13.9. The van der Waals surface area contributed by atoms with Crippen molar-refractivity contribution < 1.29 is 33.5 Å². The number of thioether (sulfide) groups is 1. The molecule has 256 valence electrons. The summed E-state index contributed by atoms with van der Waals surface area (Å²) in [6.07, 6.45) is 0.794. The molecule has 1 unspecified atom stereocenters. The number of hydrogen-bond donors (Lipinski definition) is 2. The van der Waals surface area contributed by atoms with E-state index in [1.807, 2.05) is 60.7 Å². The summed E-state index contributed by atoms with van der Waals surface area (Å²) in [5.74, 6) is -2.38. The summed E-state index contributed by atoms with van der Waals surface area (Å²) in [5.41, 5.74) is 5.38. The van der Waals surface area contributed by atoms with E-state index in [1.54, 1.807) is 20.8 Å². The molecule has 3 aromatic rings. The highest BCUT2D eigenvalue weighted by Gasteiger charge is 2.55. The Labute approximate surface area is 292 Å². The number of carbonyl (C=O) groups is 4. The number of β-lactam (4-membered cyclic amide) rings is 1. The first-order valence-electron chi connectivity index (χ1n) is 15.3. The van der Waals surface area contributed by atoms with Crippen LogP contribution in [0.15, 0.2) is 95.1 Å². The van der Waals surface area contributed by atoms with Gasteiger partial charge in [0.05, 0.1) is 0 Å². The first kappa shape index (κ1) is 35.4. The summed E-state index contributed by atoms with van der Waals surface area (Å²) < 4.78 is 11.5. The number of benzene rings is 2. The zero-order chi connectivity index (χ0) is 35.5. The van der Waals surface area contributed by atoms with E-state index in [0.29, 0.717) is 11.3 Å². The van der Waals surface area contributed by atoms with Crippen LogP contribution < -0.4 is 11.1 Å². The standard InChI is InChI=1S/C35H37N5O7S2/c1-7-20-18-48-30-25(38-28(41)24(23-19-49-33(36)37-23)39-47-35(5,6)32(44)46-34(2,3)4)29(42)40(30)26(20)31(43)45-27(21-14-10-8-11-15-21)22-16-12-9-13-17-22/h7-17,19,25,27,30H,1,18H2,2-6H3,(H2,36,37)(H,38,41)/t25?,30-/m1/s1. The van der Waals surface area contributed by atoms with Gasteiger partial charge in [0.2, 0.25) is 5.60 Å². The van der Waals surface area contributed by atoms with Gasteiger partial charge in [-0.2, -0.15) is 0 Å². The van der Waals surface area contributed by atoms with Crippen molar-refractivity contribution in [2.45, 2.75) is 63.3 Å². The summed E-state index contributed by atoms with van der Waals surface area (Å²) in [6.45, 7) is 11.9. The Balaban J connectivity index is 1.36. The smallest absolute Gasteiger partial charge is 0.356 e. The number of hydrogen-bond acceptors (Lipinski definition) is 12. The first-order valence-corrected chi connectivity index (χ1v) is 17.3. The van der Waals surface area contributed by atoms with Gasteiger partial charge in [0.25, 0.3) is 11.8 Å². The molecule has 2 aromatic carbocycles. The second-order valence-electron chi connectivity index (χ2n) is 12.7. The van der Waals surface area contributed by atoms with Crippen molar-refractivity contribution in [3.63, 3.8) is 0 Å². The number of oxime groups is 1. The van der Waals surface area contributed by atoms with E-state index in [0.717, 1.165) is 22.5 Å². The van der Waals surface area contributed by atoms with Crippen LogP contribution in [0.25, 0.3) is 0 Å². The average molecular weight is 704 g/mol. The van der Waals surface area contributed by atoms with Crippen molar-refractivity contribution in [2.24, 2.45) is 5.16 Å². The molecule has 0 spiro atoms. The molecule has 1 fully saturated rings. The molecule has 0 saturated carbocycles. The molecule has 2 amide bonds. The van der Waals surface area contributed by atoms with E-state index in [1.165, 1.54) is 42.0 Å². The van der Waals surface area contributed by atoms with E-state index < -0.39 is 52.5 Å². The normalized spacial score (nSPS) is 18.0. The van der Waals surface area contributed by atoms with Gasteiger partial charge < -0.3 is 25.4 Å². The molecule has 2 atom stereocenters. The number of nitrogens with one attached hydrogen (secondary N) is 1. The van der Waals surface area contributed by atoms with Crippen LogP contribution in [0.5, 0.6) is 0 Å². The number of aromatic nitrogens is 1. The second kappa shape index (κ2) is 14.3. The van der Waals surface area contributed by atoms with Gasteiger partial charge >= 0.3 is 11.9 Å². The lowest BCUT2D eigenvalue weighted by Crippen LogP contribution is -2.71. The predicted molar refractivity (Wildman–Crippen MR) is 187 cm³/mol. The van der Waals surface area contributed by atoms with Gasteiger partial charge in [-0.3, -0.25) is 14.5 Å². The lowest BCUT2D eigenvalue weighted by molar-refractivity contribution is -0.179. The third-order valence-electron chi connectivity index (χ3n) is 7.39.